The van der Waals surface area contributed by atoms with Gasteiger partial charge in [-0.2, -0.15) is 13.9 Å². The highest BCUT2D eigenvalue weighted by molar-refractivity contribution is 6.07. The summed E-state index contributed by atoms with van der Waals surface area (Å²) < 4.78 is 36.3. The van der Waals surface area contributed by atoms with E-state index < -0.39 is 6.61 Å². The summed E-state index contributed by atoms with van der Waals surface area (Å²) in [4.78, 5) is 12.3. The van der Waals surface area contributed by atoms with Crippen LogP contribution in [0.2, 0.25) is 0 Å². The Kier molecular flexibility index (Phi) is 6.27. The quantitative estimate of drug-likeness (QED) is 0.531. The largest absolute Gasteiger partial charge is 0.490 e. The summed E-state index contributed by atoms with van der Waals surface area (Å²) in [6.45, 7) is 3.59. The highest BCUT2D eigenvalue weighted by atomic mass is 19.3. The van der Waals surface area contributed by atoms with Gasteiger partial charge in [0.05, 0.1) is 18.4 Å². The van der Waals surface area contributed by atoms with Crippen LogP contribution in [0.1, 0.15) is 35.5 Å². The second-order valence-electron chi connectivity index (χ2n) is 5.17. The third kappa shape index (κ3) is 4.65. The molecule has 0 unspecified atom stereocenters. The fourth-order valence-electron chi connectivity index (χ4n) is 2.36. The lowest BCUT2D eigenvalue weighted by molar-refractivity contribution is -0.0514. The molecular formula is C18H20F2N2O3. The summed E-state index contributed by atoms with van der Waals surface area (Å²) >= 11 is 0. The lowest BCUT2D eigenvalue weighted by Gasteiger charge is -2.11. The van der Waals surface area contributed by atoms with E-state index in [4.69, 9.17) is 4.74 Å². The molecule has 0 saturated heterocycles. The van der Waals surface area contributed by atoms with E-state index >= 15 is 0 Å². The van der Waals surface area contributed by atoms with Gasteiger partial charge in [-0.1, -0.05) is 12.1 Å². The van der Waals surface area contributed by atoms with E-state index in [-0.39, 0.29) is 17.3 Å². The number of ether oxygens (including phenoxy) is 2. The summed E-state index contributed by atoms with van der Waals surface area (Å²) in [7, 11) is 0. The Morgan fingerprint density at radius 1 is 1.32 bits per heavy atom. The Labute approximate surface area is 144 Å². The molecule has 0 radical (unpaired) electrons. The van der Waals surface area contributed by atoms with E-state index in [1.165, 1.54) is 18.3 Å². The first-order valence-corrected chi connectivity index (χ1v) is 7.92. The molecule has 7 heteroatoms. The smallest absolute Gasteiger partial charge is 0.387 e. The summed E-state index contributed by atoms with van der Waals surface area (Å²) in [6.07, 6.45) is 4.55. The number of carbonyl (C=O) groups excluding carboxylic acids is 1. The Morgan fingerprint density at radius 3 is 2.68 bits per heavy atom. The summed E-state index contributed by atoms with van der Waals surface area (Å²) in [5.74, 6) is -0.0177. The number of nitrogens with zero attached hydrogens (tertiary/aromatic N) is 2. The van der Waals surface area contributed by atoms with Gasteiger partial charge in [0.15, 0.2) is 17.3 Å². The fraction of sp³-hybridized carbons (Fsp3) is 0.333. The number of allylic oxidation sites excluding steroid dienone is 1. The van der Waals surface area contributed by atoms with Crippen LogP contribution < -0.4 is 9.47 Å². The predicted molar refractivity (Wildman–Crippen MR) is 90.2 cm³/mol. The zero-order valence-corrected chi connectivity index (χ0v) is 14.3. The average molecular weight is 350 g/mol. The molecule has 0 saturated carbocycles. The zero-order chi connectivity index (χ0) is 18.4. The van der Waals surface area contributed by atoms with Gasteiger partial charge in [-0.3, -0.25) is 9.48 Å². The van der Waals surface area contributed by atoms with E-state index in [0.717, 1.165) is 5.69 Å². The lowest BCUT2D eigenvalue weighted by Crippen LogP contribution is -2.04. The van der Waals surface area contributed by atoms with Crippen LogP contribution in [-0.2, 0) is 6.54 Å². The lowest BCUT2D eigenvalue weighted by atomic mass is 10.1. The molecule has 0 aliphatic carbocycles. The molecule has 0 aliphatic rings. The highest BCUT2D eigenvalue weighted by Gasteiger charge is 2.13. The Hall–Kier alpha value is -2.70. The van der Waals surface area contributed by atoms with E-state index in [1.54, 1.807) is 29.8 Å². The molecule has 0 aliphatic heterocycles. The summed E-state index contributed by atoms with van der Waals surface area (Å²) in [5, 5.41) is 4.14. The first-order valence-electron chi connectivity index (χ1n) is 7.92. The molecule has 0 amide bonds. The Bertz CT molecular complexity index is 770. The number of benzene rings is 1. The van der Waals surface area contributed by atoms with Gasteiger partial charge in [0, 0.05) is 12.2 Å². The number of rotatable bonds is 8. The molecule has 5 nitrogen and oxygen atoms in total. The van der Waals surface area contributed by atoms with Gasteiger partial charge in [-0.05, 0) is 44.5 Å². The molecule has 1 heterocycles. The van der Waals surface area contributed by atoms with Crippen LogP contribution in [0, 0.1) is 6.92 Å². The van der Waals surface area contributed by atoms with Crippen molar-refractivity contribution in [3.63, 3.8) is 0 Å². The second kappa shape index (κ2) is 8.41. The molecule has 2 aromatic rings. The SMILES string of the molecule is CCOc1cc(C=CC(=O)c2cnn(CC)c2C)ccc1OC(F)F. The maximum Gasteiger partial charge on any atom is 0.387 e. The van der Waals surface area contributed by atoms with E-state index in [9.17, 15) is 13.6 Å². The first kappa shape index (κ1) is 18.6. The molecule has 0 atom stereocenters. The minimum atomic E-state index is -2.93. The van der Waals surface area contributed by atoms with Crippen molar-refractivity contribution < 1.29 is 23.0 Å². The van der Waals surface area contributed by atoms with Crippen LogP contribution in [0.3, 0.4) is 0 Å². The molecule has 25 heavy (non-hydrogen) atoms. The van der Waals surface area contributed by atoms with Crippen molar-refractivity contribution in [3.05, 3.63) is 47.3 Å². The number of carbonyl (C=O) groups is 1. The van der Waals surface area contributed by atoms with Gasteiger partial charge < -0.3 is 9.47 Å². The van der Waals surface area contributed by atoms with E-state index in [2.05, 4.69) is 9.84 Å². The van der Waals surface area contributed by atoms with Gasteiger partial charge in [0.2, 0.25) is 0 Å². The van der Waals surface area contributed by atoms with E-state index in [0.29, 0.717) is 24.3 Å². The maximum absolute atomic E-state index is 12.4. The molecule has 134 valence electrons. The Morgan fingerprint density at radius 2 is 2.08 bits per heavy atom. The van der Waals surface area contributed by atoms with Crippen molar-refractivity contribution in [2.45, 2.75) is 33.9 Å². The fourth-order valence-corrected chi connectivity index (χ4v) is 2.36. The van der Waals surface area contributed by atoms with Crippen LogP contribution in [-0.4, -0.2) is 28.8 Å². The standard InChI is InChI=1S/C18H20F2N2O3/c1-4-22-12(3)14(11-21-22)15(23)8-6-13-7-9-16(25-18(19)20)17(10-13)24-5-2/h6-11,18H,4-5H2,1-3H3. The number of halogens is 2. The van der Waals surface area contributed by atoms with Crippen LogP contribution in [0.5, 0.6) is 11.5 Å². The molecule has 2 rings (SSSR count). The molecule has 1 aromatic carbocycles. The van der Waals surface area contributed by atoms with Gasteiger partial charge in [0.25, 0.3) is 0 Å². The van der Waals surface area contributed by atoms with Crippen LogP contribution in [0.4, 0.5) is 8.78 Å². The van der Waals surface area contributed by atoms with Crippen molar-refractivity contribution >= 4 is 11.9 Å². The van der Waals surface area contributed by atoms with Crippen LogP contribution in [0.25, 0.3) is 6.08 Å². The molecule has 0 spiro atoms. The van der Waals surface area contributed by atoms with Crippen molar-refractivity contribution in [2.24, 2.45) is 0 Å². The second-order valence-corrected chi connectivity index (χ2v) is 5.17. The van der Waals surface area contributed by atoms with Gasteiger partial charge in [-0.15, -0.1) is 0 Å². The predicted octanol–water partition coefficient (Wildman–Crippen LogP) is 4.11. The number of aromatic nitrogens is 2. The minimum Gasteiger partial charge on any atom is -0.490 e. The number of hydrogen-bond acceptors (Lipinski definition) is 4. The van der Waals surface area contributed by atoms with Crippen molar-refractivity contribution in [2.75, 3.05) is 6.61 Å². The number of ketones is 1. The highest BCUT2D eigenvalue weighted by Crippen LogP contribution is 2.30. The minimum absolute atomic E-state index is 0.0413. The molecule has 0 fully saturated rings. The van der Waals surface area contributed by atoms with Crippen LogP contribution in [0.15, 0.2) is 30.5 Å². The third-order valence-corrected chi connectivity index (χ3v) is 3.58. The van der Waals surface area contributed by atoms with Gasteiger partial charge in [-0.25, -0.2) is 0 Å². The monoisotopic (exact) mass is 350 g/mol. The van der Waals surface area contributed by atoms with Crippen molar-refractivity contribution in [3.8, 4) is 11.5 Å². The number of aryl methyl sites for hydroxylation is 1. The molecular weight excluding hydrogens is 330 g/mol. The van der Waals surface area contributed by atoms with Crippen molar-refractivity contribution in [1.29, 1.82) is 0 Å². The summed E-state index contributed by atoms with van der Waals surface area (Å²) in [5.41, 5.74) is 1.97. The Balaban J connectivity index is 2.20. The summed E-state index contributed by atoms with van der Waals surface area (Å²) in [6, 6.07) is 4.52. The molecule has 1 aromatic heterocycles. The molecule has 0 bridgehead atoms. The topological polar surface area (TPSA) is 53.3 Å². The first-order chi connectivity index (χ1) is 12.0. The van der Waals surface area contributed by atoms with Gasteiger partial charge in [0.1, 0.15) is 0 Å². The third-order valence-electron chi connectivity index (χ3n) is 3.58. The number of alkyl halides is 2. The maximum atomic E-state index is 12.4. The van der Waals surface area contributed by atoms with Crippen LogP contribution >= 0.6 is 0 Å². The molecule has 0 N–H and O–H groups in total. The van der Waals surface area contributed by atoms with Crippen molar-refractivity contribution in [1.82, 2.24) is 9.78 Å². The average Bonchev–Trinajstić information content (AvgIpc) is 2.95. The van der Waals surface area contributed by atoms with E-state index in [1.807, 2.05) is 13.8 Å². The normalized spacial score (nSPS) is 11.3. The van der Waals surface area contributed by atoms with Gasteiger partial charge >= 0.3 is 6.61 Å². The number of hydrogen-bond donors (Lipinski definition) is 0. The zero-order valence-electron chi connectivity index (χ0n) is 14.3.